The second-order valence-corrected chi connectivity index (χ2v) is 8.14. The summed E-state index contributed by atoms with van der Waals surface area (Å²) in [6, 6.07) is -4.17. The third kappa shape index (κ3) is 9.17. The summed E-state index contributed by atoms with van der Waals surface area (Å²) in [5.41, 5.74) is 12.5. The lowest BCUT2D eigenvalue weighted by atomic mass is 10.1. The van der Waals surface area contributed by atoms with Gasteiger partial charge in [0.15, 0.2) is 0 Å². The van der Waals surface area contributed by atoms with Gasteiger partial charge in [-0.1, -0.05) is 6.42 Å². The third-order valence-electron chi connectivity index (χ3n) is 5.26. The quantitative estimate of drug-likeness (QED) is 0.128. The molecular weight excluding hydrogens is 458 g/mol. The van der Waals surface area contributed by atoms with Gasteiger partial charge in [-0.15, -0.1) is 0 Å². The van der Waals surface area contributed by atoms with E-state index in [4.69, 9.17) is 11.5 Å². The Labute approximate surface area is 202 Å². The lowest BCUT2D eigenvalue weighted by Crippen LogP contribution is -2.57. The minimum atomic E-state index is -1.24. The molecule has 0 aliphatic carbocycles. The number of carbonyl (C=O) groups excluding carboxylic acids is 3. The summed E-state index contributed by atoms with van der Waals surface area (Å²) in [6.45, 7) is 1.90. The van der Waals surface area contributed by atoms with Gasteiger partial charge in [-0.2, -0.15) is 0 Å². The van der Waals surface area contributed by atoms with E-state index in [1.165, 1.54) is 32.0 Å². The van der Waals surface area contributed by atoms with E-state index in [0.29, 0.717) is 30.8 Å². The second-order valence-electron chi connectivity index (χ2n) is 8.14. The standard InChI is InChI=1S/C21H33N9O5/c1-12(18(31)30-17(21(34)35)7-14-9-25-11-27-14)28-20(33)16(6-13-8-24-10-26-13)29-19(32)15(23)4-2-3-5-22/h8-12,15-17H,2-7,22-23H2,1H3,(H,24,26)(H,25,27)(H,28,33)(H,29,32)(H,30,31)(H,34,35). The minimum absolute atomic E-state index is 0.0116. The lowest BCUT2D eigenvalue weighted by Gasteiger charge is -2.23. The van der Waals surface area contributed by atoms with Gasteiger partial charge in [-0.05, 0) is 26.3 Å². The van der Waals surface area contributed by atoms with Crippen molar-refractivity contribution in [3.05, 3.63) is 36.4 Å². The summed E-state index contributed by atoms with van der Waals surface area (Å²) < 4.78 is 0. The Kier molecular flexibility index (Phi) is 10.8. The van der Waals surface area contributed by atoms with Crippen LogP contribution >= 0.6 is 0 Å². The zero-order valence-corrected chi connectivity index (χ0v) is 19.5. The molecule has 0 aliphatic heterocycles. The van der Waals surface area contributed by atoms with E-state index in [9.17, 15) is 24.3 Å². The molecule has 0 radical (unpaired) electrons. The maximum atomic E-state index is 13.0. The SMILES string of the molecule is CC(NC(=O)C(Cc1cnc[nH]1)NC(=O)C(N)CCCCN)C(=O)NC(Cc1cnc[nH]1)C(=O)O. The average molecular weight is 492 g/mol. The second kappa shape index (κ2) is 13.8. The molecule has 35 heavy (non-hydrogen) atoms. The van der Waals surface area contributed by atoms with E-state index < -0.39 is 47.9 Å². The van der Waals surface area contributed by atoms with E-state index in [1.807, 2.05) is 0 Å². The Morgan fingerprint density at radius 1 is 0.914 bits per heavy atom. The highest BCUT2D eigenvalue weighted by Crippen LogP contribution is 2.04. The first-order valence-electron chi connectivity index (χ1n) is 11.2. The maximum Gasteiger partial charge on any atom is 0.326 e. The van der Waals surface area contributed by atoms with Gasteiger partial charge in [0.05, 0.1) is 18.7 Å². The molecular formula is C21H33N9O5. The van der Waals surface area contributed by atoms with Crippen LogP contribution in [0.3, 0.4) is 0 Å². The monoisotopic (exact) mass is 491 g/mol. The van der Waals surface area contributed by atoms with Crippen LogP contribution in [-0.4, -0.2) is 79.4 Å². The van der Waals surface area contributed by atoms with E-state index >= 15 is 0 Å². The van der Waals surface area contributed by atoms with Gasteiger partial charge in [0, 0.05) is 36.6 Å². The molecule has 14 heteroatoms. The normalized spacial score (nSPS) is 14.4. The predicted octanol–water partition coefficient (Wildman–Crippen LogP) is -2.07. The molecule has 2 aromatic heterocycles. The van der Waals surface area contributed by atoms with Crippen LogP contribution in [0.2, 0.25) is 0 Å². The molecule has 2 rings (SSSR count). The molecule has 0 fully saturated rings. The highest BCUT2D eigenvalue weighted by Gasteiger charge is 2.29. The van der Waals surface area contributed by atoms with Crippen LogP contribution in [0, 0.1) is 0 Å². The van der Waals surface area contributed by atoms with Crippen molar-refractivity contribution in [2.24, 2.45) is 11.5 Å². The number of carbonyl (C=O) groups is 4. The highest BCUT2D eigenvalue weighted by atomic mass is 16.4. The lowest BCUT2D eigenvalue weighted by molar-refractivity contribution is -0.142. The minimum Gasteiger partial charge on any atom is -0.480 e. The van der Waals surface area contributed by atoms with Gasteiger partial charge in [0.2, 0.25) is 17.7 Å². The first-order valence-corrected chi connectivity index (χ1v) is 11.2. The summed E-state index contributed by atoms with van der Waals surface area (Å²) >= 11 is 0. The average Bonchev–Trinajstić information content (AvgIpc) is 3.52. The largest absolute Gasteiger partial charge is 0.480 e. The number of imidazole rings is 2. The van der Waals surface area contributed by atoms with Gasteiger partial charge >= 0.3 is 5.97 Å². The van der Waals surface area contributed by atoms with Gasteiger partial charge in [-0.25, -0.2) is 14.8 Å². The van der Waals surface area contributed by atoms with Crippen LogP contribution in [0.4, 0.5) is 0 Å². The molecule has 4 atom stereocenters. The number of carboxylic acid groups (broad SMARTS) is 1. The molecule has 0 bridgehead atoms. The number of rotatable bonds is 15. The summed E-state index contributed by atoms with van der Waals surface area (Å²) in [5, 5.41) is 17.0. The van der Waals surface area contributed by atoms with Crippen LogP contribution in [-0.2, 0) is 32.0 Å². The Bertz CT molecular complexity index is 949. The molecule has 4 unspecified atom stereocenters. The first-order chi connectivity index (χ1) is 16.7. The molecule has 3 amide bonds. The van der Waals surface area contributed by atoms with E-state index in [0.717, 1.165) is 6.42 Å². The smallest absolute Gasteiger partial charge is 0.326 e. The summed E-state index contributed by atoms with van der Waals surface area (Å²) in [4.78, 5) is 63.0. The highest BCUT2D eigenvalue weighted by molar-refractivity contribution is 5.94. The Morgan fingerprint density at radius 2 is 1.49 bits per heavy atom. The number of nitrogens with two attached hydrogens (primary N) is 2. The number of amides is 3. The Hall–Kier alpha value is -3.78. The van der Waals surface area contributed by atoms with Crippen molar-refractivity contribution in [2.45, 2.75) is 63.2 Å². The molecule has 14 nitrogen and oxygen atoms in total. The molecule has 0 aromatic carbocycles. The van der Waals surface area contributed by atoms with Gasteiger partial charge in [0.25, 0.3) is 0 Å². The van der Waals surface area contributed by atoms with Gasteiger partial charge < -0.3 is 42.5 Å². The number of H-pyrrole nitrogens is 2. The molecule has 0 spiro atoms. The molecule has 2 heterocycles. The Morgan fingerprint density at radius 3 is 2.00 bits per heavy atom. The first kappa shape index (κ1) is 27.5. The van der Waals surface area contributed by atoms with Crippen molar-refractivity contribution in [3.63, 3.8) is 0 Å². The van der Waals surface area contributed by atoms with Crippen molar-refractivity contribution in [1.82, 2.24) is 35.9 Å². The maximum absolute atomic E-state index is 13.0. The third-order valence-corrected chi connectivity index (χ3v) is 5.26. The number of carboxylic acids is 1. The van der Waals surface area contributed by atoms with Crippen LogP contribution in [0.1, 0.15) is 37.6 Å². The van der Waals surface area contributed by atoms with Crippen LogP contribution in [0.15, 0.2) is 25.0 Å². The zero-order valence-electron chi connectivity index (χ0n) is 19.5. The topological polar surface area (TPSA) is 234 Å². The summed E-state index contributed by atoms with van der Waals surface area (Å²) in [5.74, 6) is -3.08. The van der Waals surface area contributed by atoms with E-state index in [2.05, 4.69) is 35.9 Å². The zero-order chi connectivity index (χ0) is 25.8. The molecule has 0 aliphatic rings. The van der Waals surface area contributed by atoms with Crippen molar-refractivity contribution < 1.29 is 24.3 Å². The van der Waals surface area contributed by atoms with E-state index in [1.54, 1.807) is 0 Å². The molecule has 192 valence electrons. The molecule has 0 saturated carbocycles. The number of aliphatic carboxylic acids is 1. The van der Waals surface area contributed by atoms with Crippen LogP contribution in [0.5, 0.6) is 0 Å². The van der Waals surface area contributed by atoms with Crippen molar-refractivity contribution in [3.8, 4) is 0 Å². The van der Waals surface area contributed by atoms with Crippen LogP contribution < -0.4 is 27.4 Å². The fourth-order valence-electron chi connectivity index (χ4n) is 3.24. The predicted molar refractivity (Wildman–Crippen MR) is 125 cm³/mol. The fraction of sp³-hybridized carbons (Fsp3) is 0.524. The Balaban J connectivity index is 2.00. The van der Waals surface area contributed by atoms with Gasteiger partial charge in [-0.3, -0.25) is 14.4 Å². The van der Waals surface area contributed by atoms with Crippen molar-refractivity contribution in [2.75, 3.05) is 6.54 Å². The number of hydrogen-bond donors (Lipinski definition) is 8. The molecule has 10 N–H and O–H groups in total. The number of nitrogens with one attached hydrogen (secondary N) is 5. The van der Waals surface area contributed by atoms with E-state index in [-0.39, 0.29) is 12.8 Å². The van der Waals surface area contributed by atoms with Crippen molar-refractivity contribution in [1.29, 1.82) is 0 Å². The fourth-order valence-corrected chi connectivity index (χ4v) is 3.24. The number of aromatic amines is 2. The molecule has 0 saturated heterocycles. The van der Waals surface area contributed by atoms with Gasteiger partial charge in [0.1, 0.15) is 18.1 Å². The summed E-state index contributed by atoms with van der Waals surface area (Å²) in [7, 11) is 0. The summed E-state index contributed by atoms with van der Waals surface area (Å²) in [6.07, 6.45) is 7.68. The number of aromatic nitrogens is 4. The molecule has 2 aromatic rings. The van der Waals surface area contributed by atoms with Crippen LogP contribution in [0.25, 0.3) is 0 Å². The number of nitrogens with zero attached hydrogens (tertiary/aromatic N) is 2. The number of hydrogen-bond acceptors (Lipinski definition) is 8. The van der Waals surface area contributed by atoms with Crippen molar-refractivity contribution >= 4 is 23.7 Å². The number of unbranched alkanes of at least 4 members (excludes halogenated alkanes) is 1.